The lowest BCUT2D eigenvalue weighted by atomic mass is 9.97. The van der Waals surface area contributed by atoms with Crippen LogP contribution in [-0.4, -0.2) is 24.9 Å². The molecule has 1 N–H and O–H groups in total. The van der Waals surface area contributed by atoms with Gasteiger partial charge in [-0.05, 0) is 31.9 Å². The van der Waals surface area contributed by atoms with Crippen molar-refractivity contribution < 1.29 is 13.5 Å². The summed E-state index contributed by atoms with van der Waals surface area (Å²) in [4.78, 5) is 0.328. The number of hydrogen-bond acceptors (Lipinski definition) is 3. The van der Waals surface area contributed by atoms with Crippen LogP contribution in [-0.2, 0) is 9.84 Å². The van der Waals surface area contributed by atoms with E-state index in [9.17, 15) is 13.5 Å². The van der Waals surface area contributed by atoms with Crippen molar-refractivity contribution in [1.29, 1.82) is 0 Å². The molecular formula is C13H18O3S. The molecule has 1 aliphatic carbocycles. The molecule has 2 atom stereocenters. The summed E-state index contributed by atoms with van der Waals surface area (Å²) >= 11 is 0. The maximum atomic E-state index is 12.3. The molecule has 1 aliphatic rings. The number of hydrogen-bond donors (Lipinski definition) is 1. The highest BCUT2D eigenvalue weighted by atomic mass is 32.2. The van der Waals surface area contributed by atoms with E-state index < -0.39 is 21.2 Å². The summed E-state index contributed by atoms with van der Waals surface area (Å²) < 4.78 is 24.7. The van der Waals surface area contributed by atoms with Gasteiger partial charge >= 0.3 is 0 Å². The van der Waals surface area contributed by atoms with Crippen molar-refractivity contribution in [3.05, 3.63) is 29.8 Å². The van der Waals surface area contributed by atoms with Crippen LogP contribution < -0.4 is 0 Å². The molecule has 17 heavy (non-hydrogen) atoms. The third kappa shape index (κ3) is 2.53. The Labute approximate surface area is 102 Å². The fourth-order valence-corrected chi connectivity index (χ4v) is 4.23. The Balaban J connectivity index is 2.32. The molecule has 0 amide bonds. The van der Waals surface area contributed by atoms with Crippen LogP contribution in [0.25, 0.3) is 0 Å². The monoisotopic (exact) mass is 254 g/mol. The van der Waals surface area contributed by atoms with Crippen molar-refractivity contribution in [2.24, 2.45) is 0 Å². The number of rotatable bonds is 2. The van der Waals surface area contributed by atoms with Gasteiger partial charge in [-0.2, -0.15) is 0 Å². The Morgan fingerprint density at radius 3 is 2.29 bits per heavy atom. The zero-order valence-electron chi connectivity index (χ0n) is 9.96. The van der Waals surface area contributed by atoms with Gasteiger partial charge in [0, 0.05) is 0 Å². The SMILES string of the molecule is Cc1ccc(S(=O)(=O)[C@@H]2CCCC[C@H]2O)cc1. The lowest BCUT2D eigenvalue weighted by Gasteiger charge is -2.27. The molecule has 1 saturated carbocycles. The van der Waals surface area contributed by atoms with Gasteiger partial charge in [-0.3, -0.25) is 0 Å². The maximum absolute atomic E-state index is 12.3. The Morgan fingerprint density at radius 1 is 1.12 bits per heavy atom. The second kappa shape index (κ2) is 4.78. The van der Waals surface area contributed by atoms with Gasteiger partial charge in [0.25, 0.3) is 0 Å². The average molecular weight is 254 g/mol. The number of aryl methyl sites for hydroxylation is 1. The van der Waals surface area contributed by atoms with Gasteiger partial charge in [0.2, 0.25) is 0 Å². The van der Waals surface area contributed by atoms with Crippen LogP contribution in [0.3, 0.4) is 0 Å². The molecule has 3 nitrogen and oxygen atoms in total. The zero-order valence-corrected chi connectivity index (χ0v) is 10.8. The summed E-state index contributed by atoms with van der Waals surface area (Å²) in [5.74, 6) is 0. The van der Waals surface area contributed by atoms with Gasteiger partial charge in [-0.15, -0.1) is 0 Å². The highest BCUT2D eigenvalue weighted by molar-refractivity contribution is 7.92. The van der Waals surface area contributed by atoms with Crippen molar-refractivity contribution >= 4 is 9.84 Å². The quantitative estimate of drug-likeness (QED) is 0.879. The summed E-state index contributed by atoms with van der Waals surface area (Å²) in [5, 5.41) is 9.22. The second-order valence-corrected chi connectivity index (χ2v) is 6.92. The Bertz CT molecular complexity index is 476. The van der Waals surface area contributed by atoms with Crippen molar-refractivity contribution in [2.75, 3.05) is 0 Å². The first kappa shape index (κ1) is 12.6. The number of aliphatic hydroxyl groups is 1. The average Bonchev–Trinajstić information content (AvgIpc) is 2.30. The smallest absolute Gasteiger partial charge is 0.183 e. The van der Waals surface area contributed by atoms with Crippen molar-refractivity contribution in [1.82, 2.24) is 0 Å². The first-order valence-corrected chi connectivity index (χ1v) is 7.55. The van der Waals surface area contributed by atoms with E-state index in [0.717, 1.165) is 18.4 Å². The fraction of sp³-hybridized carbons (Fsp3) is 0.538. The molecule has 2 rings (SSSR count). The molecule has 1 aromatic rings. The highest BCUT2D eigenvalue weighted by Gasteiger charge is 2.35. The lowest BCUT2D eigenvalue weighted by molar-refractivity contribution is 0.133. The molecule has 1 fully saturated rings. The molecule has 0 unspecified atom stereocenters. The Hall–Kier alpha value is -0.870. The summed E-state index contributed by atoms with van der Waals surface area (Å²) in [6.45, 7) is 1.92. The van der Waals surface area contributed by atoms with E-state index in [0.29, 0.717) is 17.7 Å². The van der Waals surface area contributed by atoms with Crippen molar-refractivity contribution in [3.8, 4) is 0 Å². The molecule has 0 saturated heterocycles. The number of sulfone groups is 1. The summed E-state index contributed by atoms with van der Waals surface area (Å²) in [6.07, 6.45) is 2.25. The Kier molecular flexibility index (Phi) is 3.54. The summed E-state index contributed by atoms with van der Waals surface area (Å²) in [7, 11) is -3.38. The molecule has 0 aliphatic heterocycles. The van der Waals surface area contributed by atoms with Crippen LogP contribution in [0, 0.1) is 6.92 Å². The lowest BCUT2D eigenvalue weighted by Crippen LogP contribution is -2.36. The third-order valence-electron chi connectivity index (χ3n) is 3.42. The van der Waals surface area contributed by atoms with Crippen LogP contribution in [0.5, 0.6) is 0 Å². The van der Waals surface area contributed by atoms with Crippen LogP contribution in [0.4, 0.5) is 0 Å². The highest BCUT2D eigenvalue weighted by Crippen LogP contribution is 2.29. The van der Waals surface area contributed by atoms with Gasteiger partial charge in [-0.1, -0.05) is 30.5 Å². The predicted molar refractivity (Wildman–Crippen MR) is 66.6 cm³/mol. The van der Waals surface area contributed by atoms with E-state index in [1.54, 1.807) is 24.3 Å². The summed E-state index contributed by atoms with van der Waals surface area (Å²) in [5.41, 5.74) is 1.04. The van der Waals surface area contributed by atoms with Crippen molar-refractivity contribution in [2.45, 2.75) is 48.9 Å². The molecular weight excluding hydrogens is 236 g/mol. The first-order chi connectivity index (χ1) is 8.01. The van der Waals surface area contributed by atoms with E-state index in [-0.39, 0.29) is 0 Å². The first-order valence-electron chi connectivity index (χ1n) is 6.00. The van der Waals surface area contributed by atoms with Gasteiger partial charge in [0.15, 0.2) is 9.84 Å². The Morgan fingerprint density at radius 2 is 1.71 bits per heavy atom. The van der Waals surface area contributed by atoms with Gasteiger partial charge in [0.05, 0.1) is 16.2 Å². The summed E-state index contributed by atoms with van der Waals surface area (Å²) in [6, 6.07) is 6.85. The van der Waals surface area contributed by atoms with E-state index in [1.165, 1.54) is 0 Å². The molecule has 94 valence electrons. The fourth-order valence-electron chi connectivity index (χ4n) is 2.34. The van der Waals surface area contributed by atoms with Gasteiger partial charge in [0.1, 0.15) is 0 Å². The van der Waals surface area contributed by atoms with Crippen LogP contribution in [0.15, 0.2) is 29.2 Å². The molecule has 0 spiro atoms. The van der Waals surface area contributed by atoms with Crippen LogP contribution in [0.1, 0.15) is 31.2 Å². The minimum absolute atomic E-state index is 0.328. The second-order valence-electron chi connectivity index (χ2n) is 4.75. The largest absolute Gasteiger partial charge is 0.392 e. The predicted octanol–water partition coefficient (Wildman–Crippen LogP) is 2.07. The van der Waals surface area contributed by atoms with E-state index in [2.05, 4.69) is 0 Å². The number of benzene rings is 1. The van der Waals surface area contributed by atoms with E-state index in [1.807, 2.05) is 6.92 Å². The molecule has 0 heterocycles. The number of aliphatic hydroxyl groups excluding tert-OH is 1. The normalized spacial score (nSPS) is 25.8. The molecule has 0 aromatic heterocycles. The van der Waals surface area contributed by atoms with Crippen molar-refractivity contribution in [3.63, 3.8) is 0 Å². The van der Waals surface area contributed by atoms with Crippen LogP contribution in [0.2, 0.25) is 0 Å². The van der Waals surface area contributed by atoms with Gasteiger partial charge < -0.3 is 5.11 Å². The molecule has 0 bridgehead atoms. The van der Waals surface area contributed by atoms with Crippen LogP contribution >= 0.6 is 0 Å². The molecule has 0 radical (unpaired) electrons. The van der Waals surface area contributed by atoms with Gasteiger partial charge in [-0.25, -0.2) is 8.42 Å². The van der Waals surface area contributed by atoms with E-state index >= 15 is 0 Å². The zero-order chi connectivity index (χ0) is 12.5. The molecule has 4 heteroatoms. The topological polar surface area (TPSA) is 54.4 Å². The third-order valence-corrected chi connectivity index (χ3v) is 5.69. The minimum Gasteiger partial charge on any atom is -0.392 e. The molecule has 1 aromatic carbocycles. The van der Waals surface area contributed by atoms with E-state index in [4.69, 9.17) is 0 Å². The standard InChI is InChI=1S/C13H18O3S/c1-10-6-8-11(9-7-10)17(15,16)13-5-3-2-4-12(13)14/h6-9,12-14H,2-5H2,1H3/t12-,13-/m1/s1. The minimum atomic E-state index is -3.38. The maximum Gasteiger partial charge on any atom is 0.183 e.